The molecule has 0 aliphatic carbocycles. The lowest BCUT2D eigenvalue weighted by Crippen LogP contribution is -2.42. The van der Waals surface area contributed by atoms with Gasteiger partial charge in [-0.25, -0.2) is 4.31 Å². The number of carbonyl (C=O) groups is 1. The average molecular weight is 247 g/mol. The van der Waals surface area contributed by atoms with Crippen molar-refractivity contribution < 1.29 is 26.4 Å². The minimum Gasteiger partial charge on any atom is -0.274 e. The third-order valence-electron chi connectivity index (χ3n) is 1.59. The van der Waals surface area contributed by atoms with E-state index < -0.39 is 21.4 Å². The highest BCUT2D eigenvalue weighted by atomic mass is 32.2. The molecule has 0 spiro atoms. The standard InChI is InChI=1S/C7H12F3NO3S/c1-5(2)4-6(12)11(3)15(13,14)7(8,9)10/h5H,4H2,1-3H3. The van der Waals surface area contributed by atoms with Crippen LogP contribution < -0.4 is 0 Å². The van der Waals surface area contributed by atoms with Gasteiger partial charge in [-0.15, -0.1) is 0 Å². The van der Waals surface area contributed by atoms with Crippen LogP contribution in [0.3, 0.4) is 0 Å². The highest BCUT2D eigenvalue weighted by Crippen LogP contribution is 2.26. The number of rotatable bonds is 3. The Bertz CT molecular complexity index is 334. The summed E-state index contributed by atoms with van der Waals surface area (Å²) in [6.07, 6.45) is -0.244. The van der Waals surface area contributed by atoms with Gasteiger partial charge in [0.05, 0.1) is 0 Å². The SMILES string of the molecule is CC(C)CC(=O)N(C)S(=O)(=O)C(F)(F)F. The summed E-state index contributed by atoms with van der Waals surface area (Å²) >= 11 is 0. The molecular formula is C7H12F3NO3S. The van der Waals surface area contributed by atoms with E-state index in [0.29, 0.717) is 7.05 Å². The second kappa shape index (κ2) is 4.38. The number of amides is 1. The molecule has 0 aliphatic heterocycles. The highest BCUT2D eigenvalue weighted by Gasteiger charge is 2.50. The third-order valence-corrected chi connectivity index (χ3v) is 3.10. The van der Waals surface area contributed by atoms with Crippen LogP contribution in [0.2, 0.25) is 0 Å². The maximum Gasteiger partial charge on any atom is 0.516 e. The van der Waals surface area contributed by atoms with Crippen molar-refractivity contribution in [2.24, 2.45) is 5.92 Å². The maximum absolute atomic E-state index is 12.0. The molecule has 15 heavy (non-hydrogen) atoms. The zero-order chi connectivity index (χ0) is 12.4. The molecule has 0 radical (unpaired) electrons. The Morgan fingerprint density at radius 2 is 1.73 bits per heavy atom. The summed E-state index contributed by atoms with van der Waals surface area (Å²) in [4.78, 5) is 11.1. The van der Waals surface area contributed by atoms with Crippen molar-refractivity contribution in [3.05, 3.63) is 0 Å². The van der Waals surface area contributed by atoms with Crippen molar-refractivity contribution in [2.45, 2.75) is 25.8 Å². The van der Waals surface area contributed by atoms with E-state index in [1.807, 2.05) is 0 Å². The summed E-state index contributed by atoms with van der Waals surface area (Å²) < 4.78 is 57.3. The number of halogens is 3. The Morgan fingerprint density at radius 3 is 2.00 bits per heavy atom. The Labute approximate surface area is 86.1 Å². The molecule has 0 aromatic carbocycles. The minimum absolute atomic E-state index is 0.205. The van der Waals surface area contributed by atoms with Crippen molar-refractivity contribution in [3.8, 4) is 0 Å². The Morgan fingerprint density at radius 1 is 1.33 bits per heavy atom. The van der Waals surface area contributed by atoms with Gasteiger partial charge < -0.3 is 0 Å². The summed E-state index contributed by atoms with van der Waals surface area (Å²) in [6, 6.07) is 0. The molecule has 0 unspecified atom stereocenters. The molecule has 0 atom stereocenters. The fourth-order valence-electron chi connectivity index (χ4n) is 0.767. The molecule has 4 nitrogen and oxygen atoms in total. The average Bonchev–Trinajstić information content (AvgIpc) is 1.99. The van der Waals surface area contributed by atoms with Gasteiger partial charge in [0.15, 0.2) is 0 Å². The van der Waals surface area contributed by atoms with Crippen LogP contribution in [0.1, 0.15) is 20.3 Å². The first kappa shape index (κ1) is 14.2. The molecule has 0 rings (SSSR count). The number of hydrogen-bond acceptors (Lipinski definition) is 3. The second-order valence-electron chi connectivity index (χ2n) is 3.41. The first-order chi connectivity index (χ1) is 6.50. The van der Waals surface area contributed by atoms with Crippen LogP contribution in [0.5, 0.6) is 0 Å². The maximum atomic E-state index is 12.0. The molecule has 1 amide bonds. The Balaban J connectivity index is 4.88. The molecule has 90 valence electrons. The quantitative estimate of drug-likeness (QED) is 0.756. The molecule has 0 aliphatic rings. The molecule has 0 saturated carbocycles. The Kier molecular flexibility index (Phi) is 4.15. The summed E-state index contributed by atoms with van der Waals surface area (Å²) in [7, 11) is -4.93. The van der Waals surface area contributed by atoms with Gasteiger partial charge in [-0.3, -0.25) is 4.79 Å². The summed E-state index contributed by atoms with van der Waals surface area (Å²) in [5, 5.41) is 0. The van der Waals surface area contributed by atoms with Crippen LogP contribution in [-0.2, 0) is 14.8 Å². The molecule has 0 saturated heterocycles. The molecule has 8 heteroatoms. The molecule has 0 bridgehead atoms. The predicted molar refractivity (Wildman–Crippen MR) is 47.2 cm³/mol. The van der Waals surface area contributed by atoms with Crippen LogP contribution in [0.25, 0.3) is 0 Å². The monoisotopic (exact) mass is 247 g/mol. The fraction of sp³-hybridized carbons (Fsp3) is 0.857. The first-order valence-corrected chi connectivity index (χ1v) is 5.52. The zero-order valence-electron chi connectivity index (χ0n) is 8.50. The van der Waals surface area contributed by atoms with Gasteiger partial charge in [0.1, 0.15) is 0 Å². The lowest BCUT2D eigenvalue weighted by atomic mass is 10.1. The van der Waals surface area contributed by atoms with Gasteiger partial charge in [-0.05, 0) is 5.92 Å². The number of nitrogens with zero attached hydrogens (tertiary/aromatic N) is 1. The van der Waals surface area contributed by atoms with E-state index in [2.05, 4.69) is 0 Å². The van der Waals surface area contributed by atoms with Crippen molar-refractivity contribution >= 4 is 15.9 Å². The van der Waals surface area contributed by atoms with Gasteiger partial charge in [-0.1, -0.05) is 13.8 Å². The van der Waals surface area contributed by atoms with Gasteiger partial charge >= 0.3 is 15.5 Å². The van der Waals surface area contributed by atoms with Crippen LogP contribution in [0, 0.1) is 5.92 Å². The summed E-state index contributed by atoms with van der Waals surface area (Å²) in [5.41, 5.74) is -5.44. The topological polar surface area (TPSA) is 54.5 Å². The van der Waals surface area contributed by atoms with E-state index in [1.165, 1.54) is 0 Å². The van der Waals surface area contributed by atoms with E-state index in [0.717, 1.165) is 0 Å². The Hall–Kier alpha value is -0.790. The number of hydrogen-bond donors (Lipinski definition) is 0. The lowest BCUT2D eigenvalue weighted by Gasteiger charge is -2.19. The van der Waals surface area contributed by atoms with Crippen LogP contribution >= 0.6 is 0 Å². The van der Waals surface area contributed by atoms with Crippen molar-refractivity contribution in [1.29, 1.82) is 0 Å². The molecular weight excluding hydrogens is 235 g/mol. The zero-order valence-corrected chi connectivity index (χ0v) is 9.32. The van der Waals surface area contributed by atoms with Crippen LogP contribution in [-0.4, -0.2) is 31.2 Å². The number of sulfonamides is 1. The van der Waals surface area contributed by atoms with Crippen LogP contribution in [0.4, 0.5) is 13.2 Å². The van der Waals surface area contributed by atoms with Gasteiger partial charge in [0.2, 0.25) is 5.91 Å². The van der Waals surface area contributed by atoms with Crippen molar-refractivity contribution in [3.63, 3.8) is 0 Å². The molecule has 0 aromatic rings. The van der Waals surface area contributed by atoms with Gasteiger partial charge in [0, 0.05) is 13.5 Å². The first-order valence-electron chi connectivity index (χ1n) is 4.08. The van der Waals surface area contributed by atoms with Crippen molar-refractivity contribution in [2.75, 3.05) is 7.05 Å². The van der Waals surface area contributed by atoms with Gasteiger partial charge in [0.25, 0.3) is 0 Å². The smallest absolute Gasteiger partial charge is 0.274 e. The molecule has 0 fully saturated rings. The molecule has 0 N–H and O–H groups in total. The fourth-order valence-corrected chi connectivity index (χ4v) is 1.42. The minimum atomic E-state index is -5.54. The lowest BCUT2D eigenvalue weighted by molar-refractivity contribution is -0.127. The second-order valence-corrected chi connectivity index (χ2v) is 5.37. The van der Waals surface area contributed by atoms with E-state index in [4.69, 9.17) is 0 Å². The largest absolute Gasteiger partial charge is 0.516 e. The van der Waals surface area contributed by atoms with E-state index in [-0.39, 0.29) is 16.6 Å². The summed E-state index contributed by atoms with van der Waals surface area (Å²) in [6.45, 7) is 3.21. The van der Waals surface area contributed by atoms with E-state index in [1.54, 1.807) is 13.8 Å². The van der Waals surface area contributed by atoms with Crippen LogP contribution in [0.15, 0.2) is 0 Å². The van der Waals surface area contributed by atoms with E-state index >= 15 is 0 Å². The van der Waals surface area contributed by atoms with Crippen molar-refractivity contribution in [1.82, 2.24) is 4.31 Å². The number of carbonyl (C=O) groups excluding carboxylic acids is 1. The predicted octanol–water partition coefficient (Wildman–Crippen LogP) is 1.34. The normalized spacial score (nSPS) is 13.0. The van der Waals surface area contributed by atoms with E-state index in [9.17, 15) is 26.4 Å². The highest BCUT2D eigenvalue weighted by molar-refractivity contribution is 7.90. The number of alkyl halides is 3. The third kappa shape index (κ3) is 3.37. The molecule has 0 aromatic heterocycles. The van der Waals surface area contributed by atoms with Gasteiger partial charge in [-0.2, -0.15) is 21.6 Å². The summed E-state index contributed by atoms with van der Waals surface area (Å²) in [5.74, 6) is -1.27. The molecule has 0 heterocycles.